The second-order valence-corrected chi connectivity index (χ2v) is 4.58. The van der Waals surface area contributed by atoms with Gasteiger partial charge in [-0.05, 0) is 34.6 Å². The fourth-order valence-electron chi connectivity index (χ4n) is 1.43. The highest BCUT2D eigenvalue weighted by molar-refractivity contribution is 9.10. The van der Waals surface area contributed by atoms with Crippen molar-refractivity contribution in [3.05, 3.63) is 28.5 Å². The van der Waals surface area contributed by atoms with Gasteiger partial charge in [-0.15, -0.1) is 0 Å². The molecule has 0 fully saturated rings. The largest absolute Gasteiger partial charge is 0.469 e. The molecule has 1 heterocycles. The van der Waals surface area contributed by atoms with Crippen molar-refractivity contribution in [2.75, 3.05) is 20.2 Å². The van der Waals surface area contributed by atoms with Gasteiger partial charge >= 0.3 is 5.97 Å². The number of hydrogen-bond donors (Lipinski definition) is 0. The number of ether oxygens (including phenoxy) is 1. The van der Waals surface area contributed by atoms with Gasteiger partial charge in [-0.2, -0.15) is 0 Å². The second-order valence-electron chi connectivity index (χ2n) is 3.66. The van der Waals surface area contributed by atoms with Crippen LogP contribution in [0.3, 0.4) is 0 Å². The van der Waals surface area contributed by atoms with Crippen LogP contribution < -0.4 is 0 Å². The zero-order valence-corrected chi connectivity index (χ0v) is 11.7. The summed E-state index contributed by atoms with van der Waals surface area (Å²) in [6.45, 7) is 4.40. The monoisotopic (exact) mass is 300 g/mol. The molecular formula is C12H17BrN2O2. The summed E-state index contributed by atoms with van der Waals surface area (Å²) < 4.78 is 5.59. The Morgan fingerprint density at radius 2 is 2.29 bits per heavy atom. The maximum Gasteiger partial charge on any atom is 0.306 e. The number of nitrogens with zero attached hydrogens (tertiary/aromatic N) is 2. The molecule has 0 unspecified atom stereocenters. The van der Waals surface area contributed by atoms with Gasteiger partial charge in [0.1, 0.15) is 0 Å². The number of carbonyl (C=O) groups is 1. The number of rotatable bonds is 6. The van der Waals surface area contributed by atoms with Crippen molar-refractivity contribution in [2.24, 2.45) is 0 Å². The number of carbonyl (C=O) groups excluding carboxylic acids is 1. The molecule has 4 nitrogen and oxygen atoms in total. The van der Waals surface area contributed by atoms with Crippen LogP contribution in [0.15, 0.2) is 22.8 Å². The predicted molar refractivity (Wildman–Crippen MR) is 69.5 cm³/mol. The van der Waals surface area contributed by atoms with Crippen molar-refractivity contribution in [1.82, 2.24) is 9.88 Å². The fraction of sp³-hybridized carbons (Fsp3) is 0.500. The molecule has 5 heteroatoms. The van der Waals surface area contributed by atoms with Crippen molar-refractivity contribution in [2.45, 2.75) is 19.9 Å². The Morgan fingerprint density at radius 1 is 1.53 bits per heavy atom. The van der Waals surface area contributed by atoms with Crippen LogP contribution in [0.5, 0.6) is 0 Å². The van der Waals surface area contributed by atoms with Crippen LogP contribution in [0.1, 0.15) is 19.0 Å². The highest BCUT2D eigenvalue weighted by atomic mass is 79.9. The van der Waals surface area contributed by atoms with Crippen LogP contribution in [0, 0.1) is 0 Å². The van der Waals surface area contributed by atoms with Gasteiger partial charge in [0.25, 0.3) is 0 Å². The average Bonchev–Trinajstić information content (AvgIpc) is 2.36. The Balaban J connectivity index is 2.46. The summed E-state index contributed by atoms with van der Waals surface area (Å²) in [7, 11) is 1.41. The lowest BCUT2D eigenvalue weighted by Crippen LogP contribution is -2.26. The molecule has 0 amide bonds. The van der Waals surface area contributed by atoms with Gasteiger partial charge in [-0.3, -0.25) is 14.7 Å². The first-order chi connectivity index (χ1) is 8.15. The SMILES string of the molecule is CCN(CCC(=O)OC)Cc1ccc(Br)cn1. The molecule has 17 heavy (non-hydrogen) atoms. The molecule has 0 saturated heterocycles. The minimum Gasteiger partial charge on any atom is -0.469 e. The lowest BCUT2D eigenvalue weighted by molar-refractivity contribution is -0.141. The van der Waals surface area contributed by atoms with E-state index in [1.807, 2.05) is 12.1 Å². The number of esters is 1. The van der Waals surface area contributed by atoms with Crippen LogP contribution in [0.2, 0.25) is 0 Å². The predicted octanol–water partition coefficient (Wildman–Crippen LogP) is 2.23. The lowest BCUT2D eigenvalue weighted by atomic mass is 10.3. The van der Waals surface area contributed by atoms with Crippen molar-refractivity contribution in [3.8, 4) is 0 Å². The number of pyridine rings is 1. The average molecular weight is 301 g/mol. The van der Waals surface area contributed by atoms with Crippen LogP contribution in [-0.4, -0.2) is 36.1 Å². The van der Waals surface area contributed by atoms with Crippen LogP contribution in [0.25, 0.3) is 0 Å². The number of methoxy groups -OCH3 is 1. The molecule has 0 aliphatic rings. The second kappa shape index (κ2) is 7.40. The maximum atomic E-state index is 11.1. The summed E-state index contributed by atoms with van der Waals surface area (Å²) in [5.74, 6) is -0.174. The first-order valence-electron chi connectivity index (χ1n) is 5.55. The van der Waals surface area contributed by atoms with Crippen LogP contribution in [-0.2, 0) is 16.1 Å². The molecule has 0 N–H and O–H groups in total. The van der Waals surface area contributed by atoms with E-state index in [0.29, 0.717) is 13.0 Å². The third-order valence-electron chi connectivity index (χ3n) is 2.48. The maximum absolute atomic E-state index is 11.1. The molecule has 94 valence electrons. The van der Waals surface area contributed by atoms with E-state index in [4.69, 9.17) is 0 Å². The molecule has 1 aromatic rings. The first-order valence-corrected chi connectivity index (χ1v) is 6.34. The van der Waals surface area contributed by atoms with E-state index in [-0.39, 0.29) is 5.97 Å². The zero-order chi connectivity index (χ0) is 12.7. The van der Waals surface area contributed by atoms with Gasteiger partial charge < -0.3 is 4.74 Å². The molecule has 0 aliphatic heterocycles. The Bertz CT molecular complexity index is 354. The van der Waals surface area contributed by atoms with Crippen molar-refractivity contribution < 1.29 is 9.53 Å². The summed E-state index contributed by atoms with van der Waals surface area (Å²) >= 11 is 3.35. The Hall–Kier alpha value is -0.940. The first kappa shape index (κ1) is 14.1. The minimum absolute atomic E-state index is 0.174. The molecule has 0 aromatic carbocycles. The molecular weight excluding hydrogens is 284 g/mol. The lowest BCUT2D eigenvalue weighted by Gasteiger charge is -2.19. The van der Waals surface area contributed by atoms with Gasteiger partial charge in [-0.25, -0.2) is 0 Å². The highest BCUT2D eigenvalue weighted by Gasteiger charge is 2.08. The van der Waals surface area contributed by atoms with Gasteiger partial charge in [0.2, 0.25) is 0 Å². The van der Waals surface area contributed by atoms with Gasteiger partial charge in [-0.1, -0.05) is 6.92 Å². The third kappa shape index (κ3) is 5.28. The van der Waals surface area contributed by atoms with Crippen molar-refractivity contribution >= 4 is 21.9 Å². The van der Waals surface area contributed by atoms with Gasteiger partial charge in [0.15, 0.2) is 0 Å². The van der Waals surface area contributed by atoms with Crippen molar-refractivity contribution in [1.29, 1.82) is 0 Å². The molecule has 0 atom stereocenters. The molecule has 0 bridgehead atoms. The van der Waals surface area contributed by atoms with E-state index in [1.54, 1.807) is 6.20 Å². The van der Waals surface area contributed by atoms with E-state index < -0.39 is 0 Å². The van der Waals surface area contributed by atoms with E-state index in [2.05, 4.69) is 37.5 Å². The van der Waals surface area contributed by atoms with Crippen molar-refractivity contribution in [3.63, 3.8) is 0 Å². The molecule has 1 rings (SSSR count). The summed E-state index contributed by atoms with van der Waals surface area (Å²) in [4.78, 5) is 17.5. The quantitative estimate of drug-likeness (QED) is 0.756. The Morgan fingerprint density at radius 3 is 2.82 bits per heavy atom. The van der Waals surface area contributed by atoms with E-state index in [1.165, 1.54) is 7.11 Å². The van der Waals surface area contributed by atoms with E-state index >= 15 is 0 Å². The van der Waals surface area contributed by atoms with E-state index in [0.717, 1.165) is 23.3 Å². The number of aromatic nitrogens is 1. The smallest absolute Gasteiger partial charge is 0.306 e. The molecule has 0 aliphatic carbocycles. The van der Waals surface area contributed by atoms with Gasteiger partial charge in [0, 0.05) is 23.8 Å². The standard InChI is InChI=1S/C12H17BrN2O2/c1-3-15(7-6-12(16)17-2)9-11-5-4-10(13)8-14-11/h4-5,8H,3,6-7,9H2,1-2H3. The zero-order valence-electron chi connectivity index (χ0n) is 10.1. The summed E-state index contributed by atoms with van der Waals surface area (Å²) in [5.41, 5.74) is 1.000. The topological polar surface area (TPSA) is 42.4 Å². The Labute approximate surface area is 110 Å². The third-order valence-corrected chi connectivity index (χ3v) is 2.95. The van der Waals surface area contributed by atoms with Crippen LogP contribution in [0.4, 0.5) is 0 Å². The van der Waals surface area contributed by atoms with E-state index in [9.17, 15) is 4.79 Å². The van der Waals surface area contributed by atoms with Gasteiger partial charge in [0.05, 0.1) is 19.2 Å². The molecule has 0 radical (unpaired) electrons. The number of hydrogen-bond acceptors (Lipinski definition) is 4. The number of halogens is 1. The summed E-state index contributed by atoms with van der Waals surface area (Å²) in [6.07, 6.45) is 2.20. The Kier molecular flexibility index (Phi) is 6.15. The summed E-state index contributed by atoms with van der Waals surface area (Å²) in [6, 6.07) is 3.95. The van der Waals surface area contributed by atoms with Crippen LogP contribution >= 0.6 is 15.9 Å². The molecule has 0 saturated carbocycles. The normalized spacial score (nSPS) is 10.6. The fourth-order valence-corrected chi connectivity index (χ4v) is 1.66. The molecule has 1 aromatic heterocycles. The highest BCUT2D eigenvalue weighted by Crippen LogP contribution is 2.09. The summed E-state index contributed by atoms with van der Waals surface area (Å²) in [5, 5.41) is 0. The minimum atomic E-state index is -0.174. The molecule has 0 spiro atoms.